The molecule has 0 radical (unpaired) electrons. The Labute approximate surface area is 86.6 Å². The number of carbonyl (C=O) groups is 1. The lowest BCUT2D eigenvalue weighted by molar-refractivity contribution is -0.122. The molecule has 0 aromatic rings. The minimum Gasteiger partial charge on any atom is -0.352 e. The fourth-order valence-electron chi connectivity index (χ4n) is 1.78. The molecule has 1 rings (SSSR count). The lowest BCUT2D eigenvalue weighted by Crippen LogP contribution is -2.40. The summed E-state index contributed by atoms with van der Waals surface area (Å²) in [4.78, 5) is 11.5. The molecule has 3 heteroatoms. The van der Waals surface area contributed by atoms with Gasteiger partial charge in [-0.2, -0.15) is 0 Å². The summed E-state index contributed by atoms with van der Waals surface area (Å²) in [7, 11) is 0. The Kier molecular flexibility index (Phi) is 3.93. The second-order valence-corrected chi connectivity index (χ2v) is 5.20. The van der Waals surface area contributed by atoms with Gasteiger partial charge >= 0.3 is 0 Å². The second-order valence-electron chi connectivity index (χ2n) is 5.20. The van der Waals surface area contributed by atoms with E-state index in [0.29, 0.717) is 12.3 Å². The van der Waals surface area contributed by atoms with Gasteiger partial charge in [0.15, 0.2) is 0 Å². The van der Waals surface area contributed by atoms with E-state index >= 15 is 0 Å². The second kappa shape index (κ2) is 4.78. The minimum atomic E-state index is -0.0923. The number of nitrogens with one attached hydrogen (secondary N) is 2. The van der Waals surface area contributed by atoms with Gasteiger partial charge in [0.2, 0.25) is 5.91 Å². The molecule has 1 atom stereocenters. The molecule has 2 N–H and O–H groups in total. The van der Waals surface area contributed by atoms with Crippen molar-refractivity contribution in [2.24, 2.45) is 5.92 Å². The molecule has 0 aliphatic carbocycles. The molecule has 0 aromatic heterocycles. The van der Waals surface area contributed by atoms with Crippen molar-refractivity contribution in [1.29, 1.82) is 0 Å². The minimum absolute atomic E-state index is 0.0923. The monoisotopic (exact) mass is 198 g/mol. The average molecular weight is 198 g/mol. The van der Waals surface area contributed by atoms with Gasteiger partial charge in [0.05, 0.1) is 0 Å². The van der Waals surface area contributed by atoms with Crippen LogP contribution >= 0.6 is 0 Å². The van der Waals surface area contributed by atoms with Crippen molar-refractivity contribution in [3.63, 3.8) is 0 Å². The first kappa shape index (κ1) is 11.5. The van der Waals surface area contributed by atoms with Gasteiger partial charge in [0.25, 0.3) is 0 Å². The summed E-state index contributed by atoms with van der Waals surface area (Å²) in [5.41, 5.74) is -0.0923. The maximum Gasteiger partial charge on any atom is 0.220 e. The summed E-state index contributed by atoms with van der Waals surface area (Å²) in [6.45, 7) is 8.25. The van der Waals surface area contributed by atoms with Crippen molar-refractivity contribution in [3.8, 4) is 0 Å². The van der Waals surface area contributed by atoms with Gasteiger partial charge in [-0.1, -0.05) is 0 Å². The fraction of sp³-hybridized carbons (Fsp3) is 0.909. The molecule has 0 aromatic carbocycles. The van der Waals surface area contributed by atoms with Crippen LogP contribution in [0.1, 0.15) is 40.0 Å². The highest BCUT2D eigenvalue weighted by molar-refractivity contribution is 5.76. The fourth-order valence-corrected chi connectivity index (χ4v) is 1.78. The van der Waals surface area contributed by atoms with Gasteiger partial charge in [0.1, 0.15) is 0 Å². The third-order valence-corrected chi connectivity index (χ3v) is 2.46. The quantitative estimate of drug-likeness (QED) is 0.717. The SMILES string of the molecule is CC(C)(C)NC(=O)CCC1CCNC1. The van der Waals surface area contributed by atoms with Gasteiger partial charge in [-0.25, -0.2) is 0 Å². The number of rotatable bonds is 3. The largest absolute Gasteiger partial charge is 0.352 e. The van der Waals surface area contributed by atoms with Crippen molar-refractivity contribution in [2.45, 2.75) is 45.6 Å². The zero-order valence-electron chi connectivity index (χ0n) is 9.52. The van der Waals surface area contributed by atoms with E-state index < -0.39 is 0 Å². The number of hydrogen-bond donors (Lipinski definition) is 2. The molecule has 0 bridgehead atoms. The molecule has 14 heavy (non-hydrogen) atoms. The van der Waals surface area contributed by atoms with E-state index in [4.69, 9.17) is 0 Å². The maximum absolute atomic E-state index is 11.5. The van der Waals surface area contributed by atoms with E-state index in [9.17, 15) is 4.79 Å². The topological polar surface area (TPSA) is 41.1 Å². The molecule has 1 amide bonds. The van der Waals surface area contributed by atoms with E-state index in [0.717, 1.165) is 19.5 Å². The summed E-state index contributed by atoms with van der Waals surface area (Å²) in [6, 6.07) is 0. The van der Waals surface area contributed by atoms with Crippen LogP contribution in [0.15, 0.2) is 0 Å². The van der Waals surface area contributed by atoms with Crippen molar-refractivity contribution >= 4 is 5.91 Å². The van der Waals surface area contributed by atoms with Crippen molar-refractivity contribution in [1.82, 2.24) is 10.6 Å². The van der Waals surface area contributed by atoms with Gasteiger partial charge in [-0.05, 0) is 52.6 Å². The number of carbonyl (C=O) groups excluding carboxylic acids is 1. The summed E-state index contributed by atoms with van der Waals surface area (Å²) in [5, 5.41) is 6.30. The molecular weight excluding hydrogens is 176 g/mol. The Bertz CT molecular complexity index is 190. The average Bonchev–Trinajstić information content (AvgIpc) is 2.49. The Morgan fingerprint density at radius 2 is 2.21 bits per heavy atom. The Morgan fingerprint density at radius 3 is 2.71 bits per heavy atom. The van der Waals surface area contributed by atoms with E-state index in [-0.39, 0.29) is 11.4 Å². The molecule has 82 valence electrons. The predicted octanol–water partition coefficient (Wildman–Crippen LogP) is 1.29. The summed E-state index contributed by atoms with van der Waals surface area (Å²) in [5.74, 6) is 0.894. The van der Waals surface area contributed by atoms with Gasteiger partial charge in [-0.15, -0.1) is 0 Å². The molecular formula is C11H22N2O. The van der Waals surface area contributed by atoms with Crippen LogP contribution in [0.2, 0.25) is 0 Å². The number of amides is 1. The van der Waals surface area contributed by atoms with Crippen LogP contribution in [-0.2, 0) is 4.79 Å². The van der Waals surface area contributed by atoms with Gasteiger partial charge in [0, 0.05) is 12.0 Å². The van der Waals surface area contributed by atoms with Crippen LogP contribution in [0.25, 0.3) is 0 Å². The third-order valence-electron chi connectivity index (χ3n) is 2.46. The Hall–Kier alpha value is -0.570. The van der Waals surface area contributed by atoms with Crippen LogP contribution < -0.4 is 10.6 Å². The molecule has 0 spiro atoms. The zero-order chi connectivity index (χ0) is 10.6. The summed E-state index contributed by atoms with van der Waals surface area (Å²) in [6.07, 6.45) is 2.92. The maximum atomic E-state index is 11.5. The predicted molar refractivity (Wildman–Crippen MR) is 58.1 cm³/mol. The standard InChI is InChI=1S/C11H22N2O/c1-11(2,3)13-10(14)5-4-9-6-7-12-8-9/h9,12H,4-8H2,1-3H3,(H,13,14). The van der Waals surface area contributed by atoms with Crippen LogP contribution in [0.3, 0.4) is 0 Å². The smallest absolute Gasteiger partial charge is 0.220 e. The van der Waals surface area contributed by atoms with Crippen LogP contribution in [0, 0.1) is 5.92 Å². The van der Waals surface area contributed by atoms with Crippen LogP contribution in [0.5, 0.6) is 0 Å². The highest BCUT2D eigenvalue weighted by atomic mass is 16.1. The molecule has 1 saturated heterocycles. The molecule has 3 nitrogen and oxygen atoms in total. The van der Waals surface area contributed by atoms with Crippen LogP contribution in [-0.4, -0.2) is 24.5 Å². The first-order chi connectivity index (χ1) is 6.47. The van der Waals surface area contributed by atoms with E-state index in [1.165, 1.54) is 6.42 Å². The van der Waals surface area contributed by atoms with Crippen molar-refractivity contribution < 1.29 is 4.79 Å². The van der Waals surface area contributed by atoms with Crippen molar-refractivity contribution in [2.75, 3.05) is 13.1 Å². The lowest BCUT2D eigenvalue weighted by atomic mass is 10.0. The summed E-state index contributed by atoms with van der Waals surface area (Å²) < 4.78 is 0. The Morgan fingerprint density at radius 1 is 1.50 bits per heavy atom. The van der Waals surface area contributed by atoms with Crippen molar-refractivity contribution in [3.05, 3.63) is 0 Å². The van der Waals surface area contributed by atoms with Gasteiger partial charge in [-0.3, -0.25) is 4.79 Å². The van der Waals surface area contributed by atoms with E-state index in [1.54, 1.807) is 0 Å². The van der Waals surface area contributed by atoms with E-state index in [1.807, 2.05) is 20.8 Å². The van der Waals surface area contributed by atoms with Crippen LogP contribution in [0.4, 0.5) is 0 Å². The molecule has 1 aliphatic rings. The molecule has 1 aliphatic heterocycles. The lowest BCUT2D eigenvalue weighted by Gasteiger charge is -2.20. The van der Waals surface area contributed by atoms with E-state index in [2.05, 4.69) is 10.6 Å². The highest BCUT2D eigenvalue weighted by Crippen LogP contribution is 2.14. The summed E-state index contributed by atoms with van der Waals surface area (Å²) >= 11 is 0. The Balaban J connectivity index is 2.14. The third kappa shape index (κ3) is 4.61. The van der Waals surface area contributed by atoms with Gasteiger partial charge < -0.3 is 10.6 Å². The normalized spacial score (nSPS) is 22.4. The highest BCUT2D eigenvalue weighted by Gasteiger charge is 2.18. The zero-order valence-corrected chi connectivity index (χ0v) is 9.52. The molecule has 0 saturated carbocycles. The molecule has 1 unspecified atom stereocenters. The molecule has 1 fully saturated rings. The first-order valence-corrected chi connectivity index (χ1v) is 5.49. The first-order valence-electron chi connectivity index (χ1n) is 5.49. The molecule has 1 heterocycles. The number of hydrogen-bond acceptors (Lipinski definition) is 2.